The van der Waals surface area contributed by atoms with Crippen LogP contribution in [-0.4, -0.2) is 7.11 Å². The third-order valence-corrected chi connectivity index (χ3v) is 2.17. The van der Waals surface area contributed by atoms with E-state index < -0.39 is 11.6 Å². The summed E-state index contributed by atoms with van der Waals surface area (Å²) in [5.74, 6) is -0.782. The molecule has 1 nitrogen and oxygen atoms in total. The monoisotopic (exact) mass is 198 g/mol. The van der Waals surface area contributed by atoms with Gasteiger partial charge in [-0.15, -0.1) is 0 Å². The highest BCUT2D eigenvalue weighted by molar-refractivity contribution is 5.62. The summed E-state index contributed by atoms with van der Waals surface area (Å²) in [4.78, 5) is 0. The Bertz CT molecular complexity index is 357. The molecule has 0 aromatic heterocycles. The van der Waals surface area contributed by atoms with Crippen molar-refractivity contribution in [1.82, 2.24) is 0 Å². The highest BCUT2D eigenvalue weighted by Crippen LogP contribution is 2.26. The minimum absolute atomic E-state index is 0.116. The topological polar surface area (TPSA) is 9.23 Å². The molecule has 1 aromatic carbocycles. The molecule has 0 aliphatic rings. The minimum Gasteiger partial charge on any atom is -0.497 e. The van der Waals surface area contributed by atoms with E-state index in [1.165, 1.54) is 21.0 Å². The summed E-state index contributed by atoms with van der Waals surface area (Å²) < 4.78 is 31.6. The van der Waals surface area contributed by atoms with E-state index in [-0.39, 0.29) is 22.4 Å². The van der Waals surface area contributed by atoms with Crippen molar-refractivity contribution < 1.29 is 13.5 Å². The van der Waals surface area contributed by atoms with Gasteiger partial charge in [0.15, 0.2) is 0 Å². The highest BCUT2D eigenvalue weighted by atomic mass is 19.1. The number of rotatable bonds is 2. The zero-order valence-electron chi connectivity index (χ0n) is 8.45. The standard InChI is InChI=1S/C11H12F2O/c1-6-5-9(12)7(2)10(11(6)13)8(3)14-4/h5H,3H2,1-2,4H3. The predicted octanol–water partition coefficient (Wildman–Crippen LogP) is 3.20. The average Bonchev–Trinajstić information content (AvgIpc) is 2.15. The molecule has 0 fully saturated rings. The molecule has 0 N–H and O–H groups in total. The third-order valence-electron chi connectivity index (χ3n) is 2.17. The number of aryl methyl sites for hydroxylation is 1. The van der Waals surface area contributed by atoms with E-state index in [0.29, 0.717) is 0 Å². The predicted molar refractivity (Wildman–Crippen MR) is 51.9 cm³/mol. The zero-order chi connectivity index (χ0) is 10.9. The molecule has 0 aliphatic carbocycles. The second-order valence-corrected chi connectivity index (χ2v) is 3.12. The van der Waals surface area contributed by atoms with E-state index in [9.17, 15) is 8.78 Å². The van der Waals surface area contributed by atoms with Crippen molar-refractivity contribution in [2.45, 2.75) is 13.8 Å². The quantitative estimate of drug-likeness (QED) is 0.663. The van der Waals surface area contributed by atoms with Gasteiger partial charge in [-0.2, -0.15) is 0 Å². The Kier molecular flexibility index (Phi) is 2.89. The fraction of sp³-hybridized carbons (Fsp3) is 0.273. The van der Waals surface area contributed by atoms with Gasteiger partial charge >= 0.3 is 0 Å². The second-order valence-electron chi connectivity index (χ2n) is 3.12. The second kappa shape index (κ2) is 3.78. The van der Waals surface area contributed by atoms with Crippen molar-refractivity contribution in [3.05, 3.63) is 41.0 Å². The molecule has 1 rings (SSSR count). The van der Waals surface area contributed by atoms with Crippen molar-refractivity contribution in [2.24, 2.45) is 0 Å². The van der Waals surface area contributed by atoms with Crippen LogP contribution < -0.4 is 0 Å². The summed E-state index contributed by atoms with van der Waals surface area (Å²) in [6.45, 7) is 6.52. The molecule has 0 amide bonds. The Morgan fingerprint density at radius 3 is 2.43 bits per heavy atom. The van der Waals surface area contributed by atoms with Gasteiger partial charge in [-0.1, -0.05) is 6.58 Å². The molecule has 0 saturated heterocycles. The van der Waals surface area contributed by atoms with Crippen molar-refractivity contribution in [1.29, 1.82) is 0 Å². The van der Waals surface area contributed by atoms with Crippen LogP contribution in [0.3, 0.4) is 0 Å². The van der Waals surface area contributed by atoms with Gasteiger partial charge in [0.2, 0.25) is 0 Å². The first kappa shape index (κ1) is 10.7. The Labute approximate surface area is 82.0 Å². The van der Waals surface area contributed by atoms with Gasteiger partial charge in [-0.25, -0.2) is 8.78 Å². The first-order valence-electron chi connectivity index (χ1n) is 4.17. The smallest absolute Gasteiger partial charge is 0.137 e. The lowest BCUT2D eigenvalue weighted by molar-refractivity contribution is 0.367. The van der Waals surface area contributed by atoms with Crippen LogP contribution in [0.4, 0.5) is 8.78 Å². The van der Waals surface area contributed by atoms with E-state index in [4.69, 9.17) is 4.74 Å². The maximum Gasteiger partial charge on any atom is 0.137 e. The van der Waals surface area contributed by atoms with Crippen molar-refractivity contribution in [2.75, 3.05) is 7.11 Å². The van der Waals surface area contributed by atoms with E-state index >= 15 is 0 Å². The molecule has 0 radical (unpaired) electrons. The maximum absolute atomic E-state index is 13.6. The molecule has 3 heteroatoms. The number of ether oxygens (including phenoxy) is 1. The van der Waals surface area contributed by atoms with E-state index in [1.807, 2.05) is 0 Å². The van der Waals surface area contributed by atoms with Crippen molar-refractivity contribution in [3.63, 3.8) is 0 Å². The molecule has 0 heterocycles. The average molecular weight is 198 g/mol. The Morgan fingerprint density at radius 2 is 1.93 bits per heavy atom. The minimum atomic E-state index is -0.476. The van der Waals surface area contributed by atoms with Crippen LogP contribution in [0, 0.1) is 25.5 Å². The third kappa shape index (κ3) is 1.62. The summed E-state index contributed by atoms with van der Waals surface area (Å²) in [5.41, 5.74) is 0.589. The van der Waals surface area contributed by atoms with Gasteiger partial charge in [0, 0.05) is 0 Å². The summed E-state index contributed by atoms with van der Waals surface area (Å²) in [5, 5.41) is 0. The Balaban J connectivity index is 3.47. The summed E-state index contributed by atoms with van der Waals surface area (Å²) in [7, 11) is 1.38. The summed E-state index contributed by atoms with van der Waals surface area (Å²) >= 11 is 0. The van der Waals surface area contributed by atoms with Gasteiger partial charge < -0.3 is 4.74 Å². The summed E-state index contributed by atoms with van der Waals surface area (Å²) in [6.07, 6.45) is 0. The van der Waals surface area contributed by atoms with Crippen LogP contribution in [0.25, 0.3) is 5.76 Å². The van der Waals surface area contributed by atoms with E-state index in [0.717, 1.165) is 6.07 Å². The summed E-state index contributed by atoms with van der Waals surface area (Å²) in [6, 6.07) is 1.16. The molecule has 0 atom stereocenters. The molecule has 0 aliphatic heterocycles. The largest absolute Gasteiger partial charge is 0.497 e. The molecule has 0 unspecified atom stereocenters. The van der Waals surface area contributed by atoms with Crippen LogP contribution in [0.15, 0.2) is 12.6 Å². The molecule has 0 spiro atoms. The highest BCUT2D eigenvalue weighted by Gasteiger charge is 2.16. The Morgan fingerprint density at radius 1 is 1.36 bits per heavy atom. The molecule has 76 valence electrons. The number of hydrogen-bond donors (Lipinski definition) is 0. The molecular weight excluding hydrogens is 186 g/mol. The van der Waals surface area contributed by atoms with Crippen molar-refractivity contribution in [3.8, 4) is 0 Å². The lowest BCUT2D eigenvalue weighted by Gasteiger charge is -2.11. The number of halogens is 2. The van der Waals surface area contributed by atoms with Crippen LogP contribution >= 0.6 is 0 Å². The lowest BCUT2D eigenvalue weighted by atomic mass is 10.0. The Hall–Kier alpha value is -1.38. The molecule has 0 saturated carbocycles. The molecule has 0 bridgehead atoms. The van der Waals surface area contributed by atoms with Crippen molar-refractivity contribution >= 4 is 5.76 Å². The fourth-order valence-electron chi connectivity index (χ4n) is 1.28. The molecular formula is C11H12F2O. The van der Waals surface area contributed by atoms with Crippen LogP contribution in [0.1, 0.15) is 16.7 Å². The lowest BCUT2D eigenvalue weighted by Crippen LogP contribution is -2.00. The number of hydrogen-bond acceptors (Lipinski definition) is 1. The fourth-order valence-corrected chi connectivity index (χ4v) is 1.28. The normalized spacial score (nSPS) is 10.1. The molecule has 14 heavy (non-hydrogen) atoms. The SMILES string of the molecule is C=C(OC)c1c(C)c(F)cc(C)c1F. The van der Waals surface area contributed by atoms with Gasteiger partial charge in [0.05, 0.1) is 12.7 Å². The van der Waals surface area contributed by atoms with E-state index in [2.05, 4.69) is 6.58 Å². The van der Waals surface area contributed by atoms with Gasteiger partial charge in [-0.05, 0) is 31.0 Å². The van der Waals surface area contributed by atoms with Crippen LogP contribution in [-0.2, 0) is 4.74 Å². The number of methoxy groups -OCH3 is 1. The van der Waals surface area contributed by atoms with Gasteiger partial charge in [0.25, 0.3) is 0 Å². The maximum atomic E-state index is 13.6. The van der Waals surface area contributed by atoms with Crippen LogP contribution in [0.5, 0.6) is 0 Å². The van der Waals surface area contributed by atoms with Crippen LogP contribution in [0.2, 0.25) is 0 Å². The van der Waals surface area contributed by atoms with Gasteiger partial charge in [0.1, 0.15) is 17.4 Å². The first-order chi connectivity index (χ1) is 6.49. The first-order valence-corrected chi connectivity index (χ1v) is 4.17. The van der Waals surface area contributed by atoms with E-state index in [1.54, 1.807) is 0 Å². The number of benzene rings is 1. The zero-order valence-corrected chi connectivity index (χ0v) is 8.45. The molecule has 1 aromatic rings. The van der Waals surface area contributed by atoms with Gasteiger partial charge in [-0.3, -0.25) is 0 Å².